The number of imidazole rings is 1. The lowest BCUT2D eigenvalue weighted by atomic mass is 10.1. The Labute approximate surface area is 108 Å². The largest absolute Gasteiger partial charge is 0.349 e. The first-order chi connectivity index (χ1) is 8.66. The summed E-state index contributed by atoms with van der Waals surface area (Å²) in [5.74, 6) is 1.77. The van der Waals surface area contributed by atoms with Crippen LogP contribution in [0, 0.1) is 11.8 Å². The van der Waals surface area contributed by atoms with Gasteiger partial charge in [0.2, 0.25) is 5.91 Å². The van der Waals surface area contributed by atoms with Crippen LogP contribution in [0.2, 0.25) is 0 Å². The molecule has 0 radical (unpaired) electrons. The predicted octanol–water partition coefficient (Wildman–Crippen LogP) is 0.765. The number of hydrogen-bond donors (Lipinski definition) is 2. The highest BCUT2D eigenvalue weighted by Crippen LogP contribution is 2.08. The molecule has 0 aromatic carbocycles. The van der Waals surface area contributed by atoms with Gasteiger partial charge in [-0.15, -0.1) is 0 Å². The van der Waals surface area contributed by atoms with E-state index < -0.39 is 0 Å². The molecule has 1 fully saturated rings. The minimum Gasteiger partial charge on any atom is -0.349 e. The smallest absolute Gasteiger partial charge is 0.224 e. The van der Waals surface area contributed by atoms with Gasteiger partial charge in [0.1, 0.15) is 5.82 Å². The first-order valence-corrected chi connectivity index (χ1v) is 6.65. The Hall–Kier alpha value is -1.36. The molecule has 5 heteroatoms. The van der Waals surface area contributed by atoms with Crippen LogP contribution in [0.15, 0.2) is 12.4 Å². The third-order valence-electron chi connectivity index (χ3n) is 3.22. The summed E-state index contributed by atoms with van der Waals surface area (Å²) in [6.07, 6.45) is 4.70. The van der Waals surface area contributed by atoms with Gasteiger partial charge in [-0.05, 0) is 18.9 Å². The van der Waals surface area contributed by atoms with Gasteiger partial charge in [0, 0.05) is 25.5 Å². The topological polar surface area (TPSA) is 59.0 Å². The molecule has 1 aliphatic heterocycles. The fourth-order valence-electron chi connectivity index (χ4n) is 2.26. The molecular formula is C13H22N4O. The van der Waals surface area contributed by atoms with Crippen molar-refractivity contribution in [3.05, 3.63) is 18.2 Å². The fraction of sp³-hybridized carbons (Fsp3) is 0.692. The molecule has 1 aliphatic rings. The van der Waals surface area contributed by atoms with Crippen molar-refractivity contribution in [1.82, 2.24) is 20.2 Å². The van der Waals surface area contributed by atoms with E-state index in [9.17, 15) is 4.79 Å². The second-order valence-electron chi connectivity index (χ2n) is 5.30. The highest BCUT2D eigenvalue weighted by atomic mass is 16.1. The number of nitrogens with zero attached hydrogens (tertiary/aromatic N) is 2. The average Bonchev–Trinajstić information content (AvgIpc) is 2.95. The van der Waals surface area contributed by atoms with E-state index in [2.05, 4.69) is 34.0 Å². The van der Waals surface area contributed by atoms with E-state index in [1.807, 2.05) is 6.20 Å². The number of nitrogens with one attached hydrogen (secondary N) is 2. The van der Waals surface area contributed by atoms with Crippen molar-refractivity contribution in [2.45, 2.75) is 33.4 Å². The van der Waals surface area contributed by atoms with E-state index in [0.29, 0.717) is 12.5 Å². The molecule has 1 atom stereocenters. The van der Waals surface area contributed by atoms with E-state index in [-0.39, 0.29) is 11.8 Å². The predicted molar refractivity (Wildman–Crippen MR) is 69.9 cm³/mol. The Morgan fingerprint density at radius 2 is 2.50 bits per heavy atom. The molecule has 1 aromatic heterocycles. The van der Waals surface area contributed by atoms with Crippen molar-refractivity contribution >= 4 is 5.91 Å². The molecule has 2 heterocycles. The number of rotatable bonds is 5. The van der Waals surface area contributed by atoms with Gasteiger partial charge in [0.15, 0.2) is 0 Å². The summed E-state index contributed by atoms with van der Waals surface area (Å²) in [7, 11) is 0. The van der Waals surface area contributed by atoms with Crippen LogP contribution in [0.5, 0.6) is 0 Å². The number of carbonyl (C=O) groups is 1. The molecule has 5 nitrogen and oxygen atoms in total. The van der Waals surface area contributed by atoms with Crippen LogP contribution in [0.3, 0.4) is 0 Å². The summed E-state index contributed by atoms with van der Waals surface area (Å²) in [6, 6.07) is 0. The Kier molecular flexibility index (Phi) is 4.36. The molecule has 0 saturated carbocycles. The Bertz CT molecular complexity index is 393. The van der Waals surface area contributed by atoms with Crippen LogP contribution < -0.4 is 10.6 Å². The minimum absolute atomic E-state index is 0.124. The maximum atomic E-state index is 11.9. The zero-order chi connectivity index (χ0) is 13.0. The van der Waals surface area contributed by atoms with Gasteiger partial charge in [0.05, 0.1) is 12.5 Å². The molecule has 2 rings (SSSR count). The molecule has 1 amide bonds. The van der Waals surface area contributed by atoms with E-state index in [1.54, 1.807) is 6.20 Å². The van der Waals surface area contributed by atoms with Gasteiger partial charge in [-0.3, -0.25) is 4.79 Å². The molecule has 18 heavy (non-hydrogen) atoms. The standard InChI is InChI=1S/C13H22N4O/c1-10(2)9-17-6-5-15-12(17)8-16-13(18)11-3-4-14-7-11/h5-6,10-11,14H,3-4,7-9H2,1-2H3,(H,16,18). The SMILES string of the molecule is CC(C)Cn1ccnc1CNC(=O)C1CCNC1. The molecule has 2 N–H and O–H groups in total. The average molecular weight is 250 g/mol. The quantitative estimate of drug-likeness (QED) is 0.811. The lowest BCUT2D eigenvalue weighted by Gasteiger charge is -2.12. The van der Waals surface area contributed by atoms with Gasteiger partial charge in [0.25, 0.3) is 0 Å². The van der Waals surface area contributed by atoms with E-state index in [4.69, 9.17) is 0 Å². The van der Waals surface area contributed by atoms with Crippen LogP contribution in [-0.4, -0.2) is 28.5 Å². The first-order valence-electron chi connectivity index (χ1n) is 6.65. The van der Waals surface area contributed by atoms with E-state index in [1.165, 1.54) is 0 Å². The Morgan fingerprint density at radius 1 is 1.67 bits per heavy atom. The van der Waals surface area contributed by atoms with E-state index in [0.717, 1.165) is 31.9 Å². The van der Waals surface area contributed by atoms with Crippen molar-refractivity contribution in [1.29, 1.82) is 0 Å². The zero-order valence-corrected chi connectivity index (χ0v) is 11.1. The highest BCUT2D eigenvalue weighted by molar-refractivity contribution is 5.79. The summed E-state index contributed by atoms with van der Waals surface area (Å²) < 4.78 is 2.11. The Balaban J connectivity index is 1.85. The molecular weight excluding hydrogens is 228 g/mol. The monoisotopic (exact) mass is 250 g/mol. The third-order valence-corrected chi connectivity index (χ3v) is 3.22. The Morgan fingerprint density at radius 3 is 3.17 bits per heavy atom. The molecule has 1 unspecified atom stereocenters. The molecule has 1 aromatic rings. The minimum atomic E-state index is 0.124. The van der Waals surface area contributed by atoms with Crippen molar-refractivity contribution in [3.8, 4) is 0 Å². The maximum Gasteiger partial charge on any atom is 0.224 e. The lowest BCUT2D eigenvalue weighted by molar-refractivity contribution is -0.124. The molecule has 0 spiro atoms. The van der Waals surface area contributed by atoms with Gasteiger partial charge in [-0.25, -0.2) is 4.98 Å². The van der Waals surface area contributed by atoms with Crippen molar-refractivity contribution in [2.24, 2.45) is 11.8 Å². The van der Waals surface area contributed by atoms with Gasteiger partial charge >= 0.3 is 0 Å². The number of amides is 1. The second-order valence-corrected chi connectivity index (χ2v) is 5.30. The molecule has 0 aliphatic carbocycles. The van der Waals surface area contributed by atoms with Crippen molar-refractivity contribution in [3.63, 3.8) is 0 Å². The normalized spacial score (nSPS) is 19.4. The zero-order valence-electron chi connectivity index (χ0n) is 11.1. The lowest BCUT2D eigenvalue weighted by Crippen LogP contribution is -2.32. The summed E-state index contributed by atoms with van der Waals surface area (Å²) in [4.78, 5) is 16.2. The highest BCUT2D eigenvalue weighted by Gasteiger charge is 2.22. The first kappa shape index (κ1) is 13.1. The van der Waals surface area contributed by atoms with Gasteiger partial charge in [-0.1, -0.05) is 13.8 Å². The van der Waals surface area contributed by atoms with Gasteiger partial charge < -0.3 is 15.2 Å². The van der Waals surface area contributed by atoms with Crippen LogP contribution in [-0.2, 0) is 17.9 Å². The summed E-state index contributed by atoms with van der Waals surface area (Å²) in [5, 5.41) is 6.18. The van der Waals surface area contributed by atoms with E-state index >= 15 is 0 Å². The maximum absolute atomic E-state index is 11.9. The van der Waals surface area contributed by atoms with Crippen molar-refractivity contribution < 1.29 is 4.79 Å². The van der Waals surface area contributed by atoms with Crippen molar-refractivity contribution in [2.75, 3.05) is 13.1 Å². The molecule has 100 valence electrons. The van der Waals surface area contributed by atoms with Crippen LogP contribution in [0.4, 0.5) is 0 Å². The summed E-state index contributed by atoms with van der Waals surface area (Å²) >= 11 is 0. The van der Waals surface area contributed by atoms with Crippen LogP contribution in [0.25, 0.3) is 0 Å². The van der Waals surface area contributed by atoms with Crippen LogP contribution in [0.1, 0.15) is 26.1 Å². The molecule has 0 bridgehead atoms. The summed E-state index contributed by atoms with van der Waals surface area (Å²) in [5.41, 5.74) is 0. The number of hydrogen-bond acceptors (Lipinski definition) is 3. The number of aromatic nitrogens is 2. The third kappa shape index (κ3) is 3.32. The van der Waals surface area contributed by atoms with Crippen LogP contribution >= 0.6 is 0 Å². The van der Waals surface area contributed by atoms with Gasteiger partial charge in [-0.2, -0.15) is 0 Å². The number of carbonyl (C=O) groups excluding carboxylic acids is 1. The molecule has 1 saturated heterocycles. The summed E-state index contributed by atoms with van der Waals surface area (Å²) in [6.45, 7) is 7.55. The second kappa shape index (κ2) is 6.00. The fourth-order valence-corrected chi connectivity index (χ4v) is 2.26.